The lowest BCUT2D eigenvalue weighted by Gasteiger charge is -2.37. The van der Waals surface area contributed by atoms with Crippen LogP contribution in [-0.4, -0.2) is 53.7 Å². The second kappa shape index (κ2) is 7.20. The quantitative estimate of drug-likeness (QED) is 0.813. The molecule has 9 heteroatoms. The SMILES string of the molecule is CC(C)NC(=O)c1noc2c(Cl)c(N3C[C@@H](C)O[C@@H](C)C3)c(C=O)nc12. The fourth-order valence-electron chi connectivity index (χ4n) is 3.15. The Labute approximate surface area is 155 Å². The van der Waals surface area contributed by atoms with Crippen molar-refractivity contribution in [1.82, 2.24) is 15.5 Å². The molecule has 0 aliphatic carbocycles. The van der Waals surface area contributed by atoms with Gasteiger partial charge >= 0.3 is 0 Å². The number of pyridine rings is 1. The number of rotatable bonds is 4. The number of halogens is 1. The maximum Gasteiger partial charge on any atom is 0.275 e. The summed E-state index contributed by atoms with van der Waals surface area (Å²) in [5.74, 6) is -0.430. The first-order chi connectivity index (χ1) is 12.3. The van der Waals surface area contributed by atoms with Gasteiger partial charge in [-0.15, -0.1) is 0 Å². The molecule has 8 nitrogen and oxygen atoms in total. The largest absolute Gasteiger partial charge is 0.372 e. The van der Waals surface area contributed by atoms with Crippen molar-refractivity contribution >= 4 is 40.6 Å². The van der Waals surface area contributed by atoms with Crippen molar-refractivity contribution in [2.45, 2.75) is 45.9 Å². The Hall–Kier alpha value is -2.19. The Morgan fingerprint density at radius 1 is 1.35 bits per heavy atom. The Balaban J connectivity index is 2.10. The lowest BCUT2D eigenvalue weighted by Crippen LogP contribution is -2.46. The van der Waals surface area contributed by atoms with E-state index in [0.717, 1.165) is 0 Å². The van der Waals surface area contributed by atoms with E-state index in [1.165, 1.54) is 0 Å². The maximum absolute atomic E-state index is 12.3. The van der Waals surface area contributed by atoms with Gasteiger partial charge in [-0.3, -0.25) is 9.59 Å². The smallest absolute Gasteiger partial charge is 0.275 e. The van der Waals surface area contributed by atoms with Gasteiger partial charge in [0.2, 0.25) is 5.58 Å². The van der Waals surface area contributed by atoms with Gasteiger partial charge < -0.3 is 19.5 Å². The predicted octanol–water partition coefficient (Wildman–Crippen LogP) is 2.44. The zero-order valence-corrected chi connectivity index (χ0v) is 15.8. The summed E-state index contributed by atoms with van der Waals surface area (Å²) in [6, 6.07) is -0.0779. The van der Waals surface area contributed by atoms with E-state index in [1.54, 1.807) is 0 Å². The number of ether oxygens (including phenoxy) is 1. The normalized spacial score (nSPS) is 20.6. The average molecular weight is 381 g/mol. The molecule has 0 saturated carbocycles. The van der Waals surface area contributed by atoms with Gasteiger partial charge in [0.05, 0.1) is 17.9 Å². The van der Waals surface area contributed by atoms with Crippen LogP contribution in [-0.2, 0) is 4.74 Å². The molecule has 1 fully saturated rings. The molecule has 1 amide bonds. The van der Waals surface area contributed by atoms with Crippen LogP contribution in [0.15, 0.2) is 4.52 Å². The van der Waals surface area contributed by atoms with Gasteiger partial charge in [0.1, 0.15) is 16.2 Å². The minimum Gasteiger partial charge on any atom is -0.372 e. The molecular weight excluding hydrogens is 360 g/mol. The zero-order chi connectivity index (χ0) is 19.0. The van der Waals surface area contributed by atoms with Crippen LogP contribution in [0, 0.1) is 0 Å². The summed E-state index contributed by atoms with van der Waals surface area (Å²) < 4.78 is 11.0. The van der Waals surface area contributed by atoms with Crippen molar-refractivity contribution in [3.05, 3.63) is 16.4 Å². The van der Waals surface area contributed by atoms with Gasteiger partial charge in [0.25, 0.3) is 5.91 Å². The van der Waals surface area contributed by atoms with Crippen LogP contribution < -0.4 is 10.2 Å². The number of nitrogens with one attached hydrogen (secondary N) is 1. The zero-order valence-electron chi connectivity index (χ0n) is 15.1. The van der Waals surface area contributed by atoms with Crippen molar-refractivity contribution in [2.24, 2.45) is 0 Å². The number of hydrogen-bond acceptors (Lipinski definition) is 7. The molecule has 140 valence electrons. The molecule has 1 saturated heterocycles. The van der Waals surface area contributed by atoms with Crippen LogP contribution >= 0.6 is 11.6 Å². The van der Waals surface area contributed by atoms with Crippen LogP contribution in [0.1, 0.15) is 48.7 Å². The number of morpholine rings is 1. The van der Waals surface area contributed by atoms with Crippen LogP contribution in [0.2, 0.25) is 5.02 Å². The molecule has 1 N–H and O–H groups in total. The summed E-state index contributed by atoms with van der Waals surface area (Å²) in [5, 5.41) is 6.75. The van der Waals surface area contributed by atoms with Crippen molar-refractivity contribution in [3.63, 3.8) is 0 Å². The molecule has 26 heavy (non-hydrogen) atoms. The first kappa shape index (κ1) is 18.6. The molecule has 1 aliphatic heterocycles. The van der Waals surface area contributed by atoms with E-state index in [0.29, 0.717) is 25.1 Å². The predicted molar refractivity (Wildman–Crippen MR) is 97.0 cm³/mol. The molecule has 0 radical (unpaired) electrons. The van der Waals surface area contributed by atoms with Crippen molar-refractivity contribution in [2.75, 3.05) is 18.0 Å². The summed E-state index contributed by atoms with van der Waals surface area (Å²) in [5.41, 5.74) is 0.990. The van der Waals surface area contributed by atoms with Gasteiger partial charge in [-0.05, 0) is 27.7 Å². The molecule has 0 bridgehead atoms. The van der Waals surface area contributed by atoms with Gasteiger partial charge in [0.15, 0.2) is 12.0 Å². The number of hydrogen-bond donors (Lipinski definition) is 1. The topological polar surface area (TPSA) is 97.6 Å². The third-order valence-electron chi connectivity index (χ3n) is 4.03. The average Bonchev–Trinajstić information content (AvgIpc) is 2.97. The number of amides is 1. The molecule has 0 unspecified atom stereocenters. The van der Waals surface area contributed by atoms with Crippen molar-refractivity contribution in [1.29, 1.82) is 0 Å². The van der Waals surface area contributed by atoms with Crippen LogP contribution in [0.4, 0.5) is 5.69 Å². The molecule has 3 rings (SSSR count). The highest BCUT2D eigenvalue weighted by Crippen LogP contribution is 2.37. The number of fused-ring (bicyclic) bond motifs is 1. The minimum absolute atomic E-state index is 0.00830. The number of carbonyl (C=O) groups excluding carboxylic acids is 2. The monoisotopic (exact) mass is 380 g/mol. The van der Waals surface area contributed by atoms with E-state index in [9.17, 15) is 9.59 Å². The third kappa shape index (κ3) is 3.39. The van der Waals surface area contributed by atoms with Gasteiger partial charge in [-0.2, -0.15) is 0 Å². The number of anilines is 1. The molecule has 2 aromatic heterocycles. The Kier molecular flexibility index (Phi) is 5.15. The van der Waals surface area contributed by atoms with E-state index in [2.05, 4.69) is 15.5 Å². The van der Waals surface area contributed by atoms with E-state index < -0.39 is 5.91 Å². The van der Waals surface area contributed by atoms with Crippen LogP contribution in [0.25, 0.3) is 11.1 Å². The van der Waals surface area contributed by atoms with E-state index in [4.69, 9.17) is 20.9 Å². The highest BCUT2D eigenvalue weighted by atomic mass is 35.5. The highest BCUT2D eigenvalue weighted by molar-refractivity contribution is 6.38. The molecule has 0 aromatic carbocycles. The molecule has 2 aromatic rings. The maximum atomic E-state index is 12.3. The summed E-state index contributed by atoms with van der Waals surface area (Å²) in [4.78, 5) is 30.2. The first-order valence-electron chi connectivity index (χ1n) is 8.47. The fraction of sp³-hybridized carbons (Fsp3) is 0.529. The highest BCUT2D eigenvalue weighted by Gasteiger charge is 2.30. The number of aromatic nitrogens is 2. The molecule has 2 atom stereocenters. The van der Waals surface area contributed by atoms with Crippen LogP contribution in [0.5, 0.6) is 0 Å². The number of nitrogens with zero attached hydrogens (tertiary/aromatic N) is 3. The molecular formula is C17H21ClN4O4. The molecule has 3 heterocycles. The van der Waals surface area contributed by atoms with Crippen molar-refractivity contribution < 1.29 is 18.8 Å². The summed E-state index contributed by atoms with van der Waals surface area (Å²) in [7, 11) is 0. The molecule has 1 aliphatic rings. The van der Waals surface area contributed by atoms with Gasteiger partial charge in [-0.1, -0.05) is 16.8 Å². The summed E-state index contributed by atoms with van der Waals surface area (Å²) >= 11 is 6.53. The molecule has 0 spiro atoms. The van der Waals surface area contributed by atoms with E-state index in [-0.39, 0.29) is 45.8 Å². The summed E-state index contributed by atoms with van der Waals surface area (Å²) in [6.07, 6.45) is 0.585. The number of carbonyl (C=O) groups is 2. The lowest BCUT2D eigenvalue weighted by molar-refractivity contribution is -0.00526. The second-order valence-corrected chi connectivity index (χ2v) is 7.15. The number of aldehydes is 1. The Morgan fingerprint density at radius 3 is 2.58 bits per heavy atom. The lowest BCUT2D eigenvalue weighted by atomic mass is 10.1. The van der Waals surface area contributed by atoms with Gasteiger partial charge in [-0.25, -0.2) is 4.98 Å². The second-order valence-electron chi connectivity index (χ2n) is 6.78. The Bertz CT molecular complexity index is 841. The fourth-order valence-corrected chi connectivity index (χ4v) is 3.49. The van der Waals surface area contributed by atoms with E-state index in [1.807, 2.05) is 32.6 Å². The third-order valence-corrected chi connectivity index (χ3v) is 4.38. The van der Waals surface area contributed by atoms with Gasteiger partial charge in [0, 0.05) is 19.1 Å². The summed E-state index contributed by atoms with van der Waals surface area (Å²) in [6.45, 7) is 8.68. The van der Waals surface area contributed by atoms with Crippen molar-refractivity contribution in [3.8, 4) is 0 Å². The minimum atomic E-state index is -0.430. The Morgan fingerprint density at radius 2 is 2.00 bits per heavy atom. The first-order valence-corrected chi connectivity index (χ1v) is 8.85. The standard InChI is InChI=1S/C17H21ClN4O4/c1-8(2)19-17(24)14-13-16(26-21-14)12(18)15(11(7-23)20-13)22-5-9(3)25-10(4)6-22/h7-10H,5-6H2,1-4H3,(H,19,24)/t9-,10+. The van der Waals surface area contributed by atoms with E-state index >= 15 is 0 Å². The van der Waals surface area contributed by atoms with Crippen LogP contribution in [0.3, 0.4) is 0 Å².